The Morgan fingerprint density at radius 2 is 1.73 bits per heavy atom. The molecule has 0 unspecified atom stereocenters. The number of aryl methyl sites for hydroxylation is 1. The number of anilines is 1. The van der Waals surface area contributed by atoms with Crippen molar-refractivity contribution in [3.63, 3.8) is 0 Å². The predicted octanol–water partition coefficient (Wildman–Crippen LogP) is 4.33. The minimum atomic E-state index is 0.146. The van der Waals surface area contributed by atoms with E-state index in [9.17, 15) is 10.2 Å². The van der Waals surface area contributed by atoms with E-state index in [0.29, 0.717) is 11.4 Å². The van der Waals surface area contributed by atoms with Crippen molar-refractivity contribution in [2.24, 2.45) is 4.99 Å². The molecule has 110 valence electrons. The van der Waals surface area contributed by atoms with Crippen LogP contribution < -0.4 is 5.32 Å². The van der Waals surface area contributed by atoms with Gasteiger partial charge < -0.3 is 15.5 Å². The largest absolute Gasteiger partial charge is 0.506 e. The lowest BCUT2D eigenvalue weighted by molar-refractivity contribution is 0.473. The molecule has 22 heavy (non-hydrogen) atoms. The molecule has 3 aromatic carbocycles. The lowest BCUT2D eigenvalue weighted by Crippen LogP contribution is -1.94. The molecule has 0 amide bonds. The molecule has 4 nitrogen and oxygen atoms in total. The lowest BCUT2D eigenvalue weighted by atomic mass is 10.0. The summed E-state index contributed by atoms with van der Waals surface area (Å²) in [5, 5.41) is 24.8. The molecular formula is C18H16N2O2. The van der Waals surface area contributed by atoms with Crippen molar-refractivity contribution in [1.82, 2.24) is 0 Å². The van der Waals surface area contributed by atoms with Crippen molar-refractivity contribution in [2.75, 3.05) is 5.32 Å². The highest BCUT2D eigenvalue weighted by atomic mass is 16.3. The number of benzene rings is 3. The molecule has 3 aromatic rings. The normalized spacial score (nSPS) is 11.1. The lowest BCUT2D eigenvalue weighted by Gasteiger charge is -2.08. The molecule has 3 rings (SSSR count). The Hall–Kier alpha value is -3.01. The molecule has 0 saturated heterocycles. The van der Waals surface area contributed by atoms with Crippen LogP contribution in [0.4, 0.5) is 11.4 Å². The molecule has 0 saturated carbocycles. The fraction of sp³-hybridized carbons (Fsp3) is 0.0556. The van der Waals surface area contributed by atoms with E-state index < -0.39 is 0 Å². The first-order valence-corrected chi connectivity index (χ1v) is 6.95. The van der Waals surface area contributed by atoms with Crippen LogP contribution in [-0.4, -0.2) is 16.6 Å². The fourth-order valence-corrected chi connectivity index (χ4v) is 2.35. The number of aromatic hydroxyl groups is 2. The number of rotatable bonds is 3. The molecule has 0 spiro atoms. The topological polar surface area (TPSA) is 64.9 Å². The van der Waals surface area contributed by atoms with Crippen LogP contribution >= 0.6 is 0 Å². The molecule has 0 bridgehead atoms. The van der Waals surface area contributed by atoms with Crippen LogP contribution in [-0.2, 0) is 0 Å². The third-order valence-electron chi connectivity index (χ3n) is 3.50. The molecule has 0 aliphatic rings. The summed E-state index contributed by atoms with van der Waals surface area (Å²) in [7, 11) is 0. The molecule has 0 aliphatic heterocycles. The van der Waals surface area contributed by atoms with Crippen molar-refractivity contribution in [1.29, 1.82) is 0 Å². The quantitative estimate of drug-likeness (QED) is 0.382. The average Bonchev–Trinajstić information content (AvgIpc) is 2.53. The molecule has 0 atom stereocenters. The average molecular weight is 292 g/mol. The van der Waals surface area contributed by atoms with Crippen molar-refractivity contribution >= 4 is 28.5 Å². The summed E-state index contributed by atoms with van der Waals surface area (Å²) in [4.78, 5) is 4.33. The molecular weight excluding hydrogens is 276 g/mol. The number of phenols is 2. The number of aliphatic imine (C=N–C) groups is 1. The van der Waals surface area contributed by atoms with Gasteiger partial charge >= 0.3 is 0 Å². The van der Waals surface area contributed by atoms with Crippen LogP contribution in [0, 0.1) is 6.92 Å². The first-order valence-electron chi connectivity index (χ1n) is 6.95. The van der Waals surface area contributed by atoms with Crippen molar-refractivity contribution in [3.05, 3.63) is 60.2 Å². The third kappa shape index (κ3) is 2.59. The van der Waals surface area contributed by atoms with Gasteiger partial charge in [0.25, 0.3) is 0 Å². The summed E-state index contributed by atoms with van der Waals surface area (Å²) < 4.78 is 0. The number of nitrogens with one attached hydrogen (secondary N) is 1. The van der Waals surface area contributed by atoms with Crippen molar-refractivity contribution in [2.45, 2.75) is 6.92 Å². The van der Waals surface area contributed by atoms with E-state index in [1.54, 1.807) is 18.2 Å². The molecule has 4 heteroatoms. The number of nitrogens with zero attached hydrogens (tertiary/aromatic N) is 1. The van der Waals surface area contributed by atoms with Crippen LogP contribution in [0.2, 0.25) is 0 Å². The molecule has 3 N–H and O–H groups in total. The van der Waals surface area contributed by atoms with E-state index in [2.05, 4.69) is 10.3 Å². The Kier molecular flexibility index (Phi) is 3.66. The maximum absolute atomic E-state index is 10.3. The van der Waals surface area contributed by atoms with E-state index in [1.807, 2.05) is 43.3 Å². The summed E-state index contributed by atoms with van der Waals surface area (Å²) >= 11 is 0. The van der Waals surface area contributed by atoms with E-state index >= 15 is 0 Å². The monoisotopic (exact) mass is 292 g/mol. The Bertz CT molecular complexity index is 857. The Balaban J connectivity index is 1.98. The zero-order valence-electron chi connectivity index (χ0n) is 12.1. The smallest absolute Gasteiger partial charge is 0.144 e. The van der Waals surface area contributed by atoms with Crippen LogP contribution in [0.1, 0.15) is 5.56 Å². The second-order valence-electron chi connectivity index (χ2n) is 5.03. The van der Waals surface area contributed by atoms with Gasteiger partial charge in [0, 0.05) is 5.39 Å². The first-order chi connectivity index (χ1) is 10.7. The Labute approximate surface area is 128 Å². The first kappa shape index (κ1) is 13.9. The van der Waals surface area contributed by atoms with Gasteiger partial charge in [0.2, 0.25) is 0 Å². The Morgan fingerprint density at radius 1 is 1.00 bits per heavy atom. The van der Waals surface area contributed by atoms with Gasteiger partial charge in [-0.05, 0) is 36.1 Å². The van der Waals surface area contributed by atoms with Gasteiger partial charge in [-0.15, -0.1) is 0 Å². The molecule has 0 fully saturated rings. The number of fused-ring (bicyclic) bond motifs is 1. The van der Waals surface area contributed by atoms with Crippen LogP contribution in [0.3, 0.4) is 0 Å². The van der Waals surface area contributed by atoms with Crippen molar-refractivity contribution < 1.29 is 10.2 Å². The van der Waals surface area contributed by atoms with Gasteiger partial charge in [0.1, 0.15) is 17.2 Å². The number of phenolic OH excluding ortho intramolecular Hbond substituents is 2. The van der Waals surface area contributed by atoms with E-state index in [4.69, 9.17) is 0 Å². The maximum Gasteiger partial charge on any atom is 0.144 e. The summed E-state index contributed by atoms with van der Waals surface area (Å²) in [6.07, 6.45) is 1.47. The van der Waals surface area contributed by atoms with Crippen LogP contribution in [0.15, 0.2) is 59.6 Å². The van der Waals surface area contributed by atoms with Gasteiger partial charge in [-0.25, -0.2) is 4.99 Å². The molecule has 0 radical (unpaired) electrons. The summed E-state index contributed by atoms with van der Waals surface area (Å²) in [6.45, 7) is 1.84. The summed E-state index contributed by atoms with van der Waals surface area (Å²) in [5.74, 6) is 0.307. The number of hydrogen-bond donors (Lipinski definition) is 3. The van der Waals surface area contributed by atoms with Crippen molar-refractivity contribution in [3.8, 4) is 11.5 Å². The second kappa shape index (κ2) is 5.77. The highest BCUT2D eigenvalue weighted by Crippen LogP contribution is 2.37. The van der Waals surface area contributed by atoms with E-state index in [1.165, 1.54) is 6.34 Å². The molecule has 0 aromatic heterocycles. The van der Waals surface area contributed by atoms with Crippen LogP contribution in [0.5, 0.6) is 11.5 Å². The zero-order valence-corrected chi connectivity index (χ0v) is 12.1. The summed E-state index contributed by atoms with van der Waals surface area (Å²) in [5.41, 5.74) is 1.84. The highest BCUT2D eigenvalue weighted by molar-refractivity contribution is 5.98. The number of hydrogen-bond acceptors (Lipinski definition) is 3. The number of para-hydroxylation sites is 2. The standard InChI is InChI=1S/C18H16N2O2/c1-12-10-13-6-2-3-7-14(13)17(18(12)22)20-11-19-15-8-4-5-9-16(15)21/h2-11,21-22H,1H3,(H,19,20). The predicted molar refractivity (Wildman–Crippen MR) is 90.2 cm³/mol. The fourth-order valence-electron chi connectivity index (χ4n) is 2.35. The van der Waals surface area contributed by atoms with Gasteiger partial charge in [0.15, 0.2) is 0 Å². The minimum absolute atomic E-state index is 0.146. The molecule has 0 heterocycles. The third-order valence-corrected chi connectivity index (χ3v) is 3.50. The Morgan fingerprint density at radius 3 is 2.55 bits per heavy atom. The van der Waals surface area contributed by atoms with Gasteiger partial charge in [0.05, 0.1) is 12.0 Å². The minimum Gasteiger partial charge on any atom is -0.506 e. The van der Waals surface area contributed by atoms with Gasteiger partial charge in [-0.2, -0.15) is 0 Å². The summed E-state index contributed by atoms with van der Waals surface area (Å²) in [6, 6.07) is 16.6. The van der Waals surface area contributed by atoms with E-state index in [-0.39, 0.29) is 11.5 Å². The van der Waals surface area contributed by atoms with Crippen LogP contribution in [0.25, 0.3) is 10.8 Å². The second-order valence-corrected chi connectivity index (χ2v) is 5.03. The maximum atomic E-state index is 10.3. The zero-order chi connectivity index (χ0) is 15.5. The highest BCUT2D eigenvalue weighted by Gasteiger charge is 2.08. The van der Waals surface area contributed by atoms with Gasteiger partial charge in [-0.1, -0.05) is 36.4 Å². The van der Waals surface area contributed by atoms with E-state index in [0.717, 1.165) is 16.3 Å². The SMILES string of the molecule is Cc1cc2ccccc2c(N=CNc2ccccc2O)c1O. The molecule has 0 aliphatic carbocycles. The van der Waals surface area contributed by atoms with Gasteiger partial charge in [-0.3, -0.25) is 0 Å².